The van der Waals surface area contributed by atoms with Gasteiger partial charge in [-0.2, -0.15) is 0 Å². The molecule has 0 saturated carbocycles. The van der Waals surface area contributed by atoms with Crippen molar-refractivity contribution in [3.63, 3.8) is 0 Å². The van der Waals surface area contributed by atoms with E-state index in [0.717, 1.165) is 16.1 Å². The maximum absolute atomic E-state index is 14.2. The first-order valence-corrected chi connectivity index (χ1v) is 16.0. The molecule has 1 aliphatic rings. The number of fused-ring (bicyclic) bond motifs is 1. The molecule has 1 N–H and O–H groups in total. The Hall–Kier alpha value is -3.76. The molecule has 0 fully saturated rings. The fourth-order valence-corrected chi connectivity index (χ4v) is 5.64. The molecule has 0 aromatic heterocycles. The Morgan fingerprint density at radius 1 is 0.976 bits per heavy atom. The van der Waals surface area contributed by atoms with Crippen molar-refractivity contribution in [3.8, 4) is 11.5 Å². The Labute approximate surface area is 252 Å². The molecule has 0 aliphatic carbocycles. The molecule has 0 bridgehead atoms. The fraction of sp³-hybridized carbons (Fsp3) is 0.355. The predicted molar refractivity (Wildman–Crippen MR) is 163 cm³/mol. The molecule has 2 atom stereocenters. The van der Waals surface area contributed by atoms with Gasteiger partial charge in [-0.1, -0.05) is 67.1 Å². The van der Waals surface area contributed by atoms with Crippen LogP contribution in [-0.2, 0) is 32.6 Å². The van der Waals surface area contributed by atoms with Crippen molar-refractivity contribution < 1.29 is 27.5 Å². The number of anilines is 1. The molecule has 11 heteroatoms. The number of sulfonamides is 1. The van der Waals surface area contributed by atoms with Crippen molar-refractivity contribution in [1.82, 2.24) is 10.2 Å². The Morgan fingerprint density at radius 2 is 1.64 bits per heavy atom. The van der Waals surface area contributed by atoms with Crippen molar-refractivity contribution in [2.75, 3.05) is 30.3 Å². The van der Waals surface area contributed by atoms with Crippen LogP contribution in [0.3, 0.4) is 0 Å². The summed E-state index contributed by atoms with van der Waals surface area (Å²) in [6.07, 6.45) is 1.96. The lowest BCUT2D eigenvalue weighted by atomic mass is 10.0. The molecular formula is C31H36ClN3O6S. The van der Waals surface area contributed by atoms with Crippen molar-refractivity contribution in [2.45, 2.75) is 45.3 Å². The van der Waals surface area contributed by atoms with Crippen LogP contribution in [0.2, 0.25) is 5.02 Å². The molecule has 1 heterocycles. The summed E-state index contributed by atoms with van der Waals surface area (Å²) >= 11 is 6.50. The monoisotopic (exact) mass is 613 g/mol. The van der Waals surface area contributed by atoms with Gasteiger partial charge >= 0.3 is 0 Å². The first-order valence-electron chi connectivity index (χ1n) is 13.8. The average molecular weight is 614 g/mol. The third kappa shape index (κ3) is 7.95. The number of ether oxygens (including phenoxy) is 2. The van der Waals surface area contributed by atoms with E-state index in [1.54, 1.807) is 36.4 Å². The van der Waals surface area contributed by atoms with Crippen LogP contribution in [0.5, 0.6) is 11.5 Å². The third-order valence-corrected chi connectivity index (χ3v) is 8.57. The largest absolute Gasteiger partial charge is 0.486 e. The molecule has 224 valence electrons. The zero-order chi connectivity index (χ0) is 30.3. The van der Waals surface area contributed by atoms with Crippen molar-refractivity contribution in [1.29, 1.82) is 0 Å². The van der Waals surface area contributed by atoms with E-state index < -0.39 is 28.5 Å². The van der Waals surface area contributed by atoms with Crippen molar-refractivity contribution in [2.24, 2.45) is 0 Å². The van der Waals surface area contributed by atoms with E-state index in [1.165, 1.54) is 11.0 Å². The third-order valence-electron chi connectivity index (χ3n) is 7.06. The van der Waals surface area contributed by atoms with Crippen LogP contribution in [0.25, 0.3) is 0 Å². The minimum atomic E-state index is -3.92. The lowest BCUT2D eigenvalue weighted by molar-refractivity contribution is -0.140. The topological polar surface area (TPSA) is 105 Å². The second kappa shape index (κ2) is 13.9. The van der Waals surface area contributed by atoms with Crippen LogP contribution in [-0.4, -0.2) is 63.2 Å². The highest BCUT2D eigenvalue weighted by molar-refractivity contribution is 7.92. The van der Waals surface area contributed by atoms with E-state index in [2.05, 4.69) is 5.32 Å². The van der Waals surface area contributed by atoms with Gasteiger partial charge in [-0.15, -0.1) is 0 Å². The van der Waals surface area contributed by atoms with Crippen LogP contribution in [0.4, 0.5) is 5.69 Å². The predicted octanol–water partition coefficient (Wildman–Crippen LogP) is 4.43. The number of benzene rings is 3. The summed E-state index contributed by atoms with van der Waals surface area (Å²) in [5.74, 6) is -0.00766. The number of carbonyl (C=O) groups is 2. The lowest BCUT2D eigenvalue weighted by Gasteiger charge is -2.34. The molecule has 0 spiro atoms. The number of rotatable bonds is 12. The van der Waals surface area contributed by atoms with Gasteiger partial charge in [0.05, 0.1) is 11.9 Å². The maximum Gasteiger partial charge on any atom is 0.244 e. The summed E-state index contributed by atoms with van der Waals surface area (Å²) < 4.78 is 38.3. The Bertz CT molecular complexity index is 1500. The second-order valence-electron chi connectivity index (χ2n) is 10.2. The molecule has 42 heavy (non-hydrogen) atoms. The van der Waals surface area contributed by atoms with Gasteiger partial charge in [0.25, 0.3) is 0 Å². The highest BCUT2D eigenvalue weighted by atomic mass is 35.5. The van der Waals surface area contributed by atoms with Gasteiger partial charge in [0.15, 0.2) is 11.5 Å². The molecule has 0 saturated heterocycles. The highest BCUT2D eigenvalue weighted by Gasteiger charge is 2.34. The zero-order valence-electron chi connectivity index (χ0n) is 24.0. The van der Waals surface area contributed by atoms with E-state index in [-0.39, 0.29) is 30.6 Å². The fourth-order valence-electron chi connectivity index (χ4n) is 4.61. The SMILES string of the molecule is CC[C@@H](C)NC(=O)[C@H](Cc1ccccc1)N(Cc1ccccc1Cl)C(=O)CN(c1ccc2c(c1)OCCO2)S(C)(=O)=O. The summed E-state index contributed by atoms with van der Waals surface area (Å²) in [4.78, 5) is 29.4. The van der Waals surface area contributed by atoms with Gasteiger partial charge < -0.3 is 19.7 Å². The van der Waals surface area contributed by atoms with E-state index in [4.69, 9.17) is 21.1 Å². The Balaban J connectivity index is 1.74. The van der Waals surface area contributed by atoms with E-state index in [0.29, 0.717) is 41.7 Å². The summed E-state index contributed by atoms with van der Waals surface area (Å²) in [5.41, 5.74) is 1.73. The minimum Gasteiger partial charge on any atom is -0.486 e. The van der Waals surface area contributed by atoms with Crippen LogP contribution in [0.1, 0.15) is 31.4 Å². The number of carbonyl (C=O) groups excluding carboxylic acids is 2. The van der Waals surface area contributed by atoms with E-state index >= 15 is 0 Å². The average Bonchev–Trinajstić information content (AvgIpc) is 2.98. The number of hydrogen-bond donors (Lipinski definition) is 1. The lowest BCUT2D eigenvalue weighted by Crippen LogP contribution is -2.54. The Kier molecular flexibility index (Phi) is 10.3. The number of hydrogen-bond acceptors (Lipinski definition) is 6. The van der Waals surface area contributed by atoms with Gasteiger partial charge in [0, 0.05) is 30.1 Å². The van der Waals surface area contributed by atoms with Crippen LogP contribution in [0.15, 0.2) is 72.8 Å². The highest BCUT2D eigenvalue weighted by Crippen LogP contribution is 2.35. The maximum atomic E-state index is 14.2. The van der Waals surface area contributed by atoms with E-state index in [9.17, 15) is 18.0 Å². The summed E-state index contributed by atoms with van der Waals surface area (Å²) in [5, 5.41) is 3.44. The number of amides is 2. The molecular weight excluding hydrogens is 578 g/mol. The minimum absolute atomic E-state index is 0.00265. The summed E-state index contributed by atoms with van der Waals surface area (Å²) in [7, 11) is -3.92. The van der Waals surface area contributed by atoms with Crippen LogP contribution in [0, 0.1) is 0 Å². The van der Waals surface area contributed by atoms with Crippen molar-refractivity contribution in [3.05, 3.63) is 88.9 Å². The van der Waals surface area contributed by atoms with Crippen molar-refractivity contribution >= 4 is 39.1 Å². The molecule has 0 radical (unpaired) electrons. The van der Waals surface area contributed by atoms with Crippen LogP contribution >= 0.6 is 11.6 Å². The Morgan fingerprint density at radius 3 is 2.31 bits per heavy atom. The van der Waals surface area contributed by atoms with E-state index in [1.807, 2.05) is 44.2 Å². The normalized spacial score (nSPS) is 14.0. The van der Waals surface area contributed by atoms with Gasteiger partial charge in [0.2, 0.25) is 21.8 Å². The first-order chi connectivity index (χ1) is 20.1. The van der Waals surface area contributed by atoms with Crippen LogP contribution < -0.4 is 19.1 Å². The number of nitrogens with one attached hydrogen (secondary N) is 1. The zero-order valence-corrected chi connectivity index (χ0v) is 25.5. The van der Waals surface area contributed by atoms with Gasteiger partial charge in [0.1, 0.15) is 25.8 Å². The summed E-state index contributed by atoms with van der Waals surface area (Å²) in [6, 6.07) is 20.1. The van der Waals surface area contributed by atoms with Gasteiger partial charge in [-0.25, -0.2) is 8.42 Å². The smallest absolute Gasteiger partial charge is 0.244 e. The molecule has 1 aliphatic heterocycles. The quantitative estimate of drug-likeness (QED) is 0.324. The van der Waals surface area contributed by atoms with Gasteiger partial charge in [-0.3, -0.25) is 13.9 Å². The molecule has 9 nitrogen and oxygen atoms in total. The molecule has 2 amide bonds. The molecule has 3 aromatic rings. The molecule has 0 unspecified atom stereocenters. The number of nitrogens with zero attached hydrogens (tertiary/aromatic N) is 2. The second-order valence-corrected chi connectivity index (χ2v) is 12.5. The number of halogens is 1. The standard InChI is InChI=1S/C31H36ClN3O6S/c1-4-22(2)33-31(37)27(18-23-10-6-5-7-11-23)34(20-24-12-8-9-13-26(24)32)30(36)21-35(42(3,38)39)25-14-15-28-29(19-25)41-17-16-40-28/h5-15,19,22,27H,4,16-18,20-21H2,1-3H3,(H,33,37)/t22-,27+/m1/s1. The summed E-state index contributed by atoms with van der Waals surface area (Å²) in [6.45, 7) is 4.03. The van der Waals surface area contributed by atoms with Gasteiger partial charge in [-0.05, 0) is 42.7 Å². The molecule has 3 aromatic carbocycles. The first kappa shape index (κ1) is 31.2. The molecule has 4 rings (SSSR count).